The third-order valence-electron chi connectivity index (χ3n) is 6.75. The van der Waals surface area contributed by atoms with Gasteiger partial charge in [0.1, 0.15) is 23.9 Å². The maximum Gasteiger partial charge on any atom is 0.250 e. The summed E-state index contributed by atoms with van der Waals surface area (Å²) in [5.74, 6) is 0.500. The van der Waals surface area contributed by atoms with Crippen molar-refractivity contribution in [2.45, 2.75) is 38.1 Å². The number of nitrogens with zero attached hydrogens (tertiary/aromatic N) is 1. The lowest BCUT2D eigenvalue weighted by Gasteiger charge is -2.20. The molecule has 37 heavy (non-hydrogen) atoms. The van der Waals surface area contributed by atoms with Crippen LogP contribution in [0.5, 0.6) is 5.75 Å². The first-order valence-corrected chi connectivity index (χ1v) is 12.7. The Hall–Kier alpha value is -4.12. The molecule has 0 amide bonds. The number of aryl methyl sites for hydroxylation is 2. The second-order valence-corrected chi connectivity index (χ2v) is 9.44. The lowest BCUT2D eigenvalue weighted by Crippen LogP contribution is -2.20. The summed E-state index contributed by atoms with van der Waals surface area (Å²) < 4.78 is 21.8. The Morgan fingerprint density at radius 1 is 0.892 bits per heavy atom. The summed E-state index contributed by atoms with van der Waals surface area (Å²) in [5.41, 5.74) is 4.82. The fourth-order valence-corrected chi connectivity index (χ4v) is 4.64. The predicted octanol–water partition coefficient (Wildman–Crippen LogP) is 6.79. The van der Waals surface area contributed by atoms with Gasteiger partial charge < -0.3 is 14.4 Å². The summed E-state index contributed by atoms with van der Waals surface area (Å²) in [6.45, 7) is 0.576. The van der Waals surface area contributed by atoms with Crippen LogP contribution in [0.2, 0.25) is 0 Å². The summed E-state index contributed by atoms with van der Waals surface area (Å²) >= 11 is 0. The summed E-state index contributed by atoms with van der Waals surface area (Å²) in [7, 11) is 0. The van der Waals surface area contributed by atoms with Crippen LogP contribution < -0.4 is 10.3 Å². The number of halogens is 1. The van der Waals surface area contributed by atoms with Crippen LogP contribution in [0.15, 0.2) is 113 Å². The Morgan fingerprint density at radius 3 is 2.22 bits per heavy atom. The van der Waals surface area contributed by atoms with E-state index < -0.39 is 0 Å². The highest BCUT2D eigenvalue weighted by Crippen LogP contribution is 2.32. The Bertz CT molecular complexity index is 1400. The Balaban J connectivity index is 1.31. The molecule has 3 aromatic carbocycles. The molecule has 1 fully saturated rings. The smallest absolute Gasteiger partial charge is 0.250 e. The largest absolute Gasteiger partial charge is 0.509 e. The molecule has 0 radical (unpaired) electrons. The van der Waals surface area contributed by atoms with E-state index in [1.54, 1.807) is 22.8 Å². The first-order valence-electron chi connectivity index (χ1n) is 12.7. The Kier molecular flexibility index (Phi) is 7.50. The number of pyridine rings is 1. The van der Waals surface area contributed by atoms with Gasteiger partial charge in [-0.05, 0) is 71.7 Å². The summed E-state index contributed by atoms with van der Waals surface area (Å²) in [6, 6.07) is 28.7. The molecule has 5 rings (SSSR count). The van der Waals surface area contributed by atoms with E-state index in [2.05, 4.69) is 24.3 Å². The molecular formula is C32H30FNO3. The summed E-state index contributed by atoms with van der Waals surface area (Å²) in [5, 5.41) is 9.92. The molecule has 4 aromatic rings. The monoisotopic (exact) mass is 495 g/mol. The van der Waals surface area contributed by atoms with Crippen LogP contribution in [-0.4, -0.2) is 16.3 Å². The quantitative estimate of drug-likeness (QED) is 0.247. The molecule has 1 N–H and O–H groups in total. The van der Waals surface area contributed by atoms with Crippen LogP contribution >= 0.6 is 0 Å². The molecule has 188 valence electrons. The van der Waals surface area contributed by atoms with Crippen LogP contribution in [0.25, 0.3) is 0 Å². The fourth-order valence-electron chi connectivity index (χ4n) is 4.64. The number of benzene rings is 3. The highest BCUT2D eigenvalue weighted by atomic mass is 19.1. The van der Waals surface area contributed by atoms with E-state index in [0.717, 1.165) is 35.1 Å². The third-order valence-corrected chi connectivity index (χ3v) is 6.75. The van der Waals surface area contributed by atoms with Crippen molar-refractivity contribution < 1.29 is 14.2 Å². The number of aliphatic hydroxyl groups excluding tert-OH is 1. The number of hydrogen-bond acceptors (Lipinski definition) is 3. The van der Waals surface area contributed by atoms with E-state index in [1.807, 2.05) is 48.7 Å². The standard InChI is InChI=1S/C32H30FNO3/c33-29-17-16-28(37-22-30(35)23-13-14-23)20-26(29)12-7-19-34-21-27(15-18-31(34)36)32(24-8-3-1-4-9-24)25-10-5-2-6-11-25/h1-6,8-11,15-18,20-21,32,35H,7,12-14,19,22H2. The molecular weight excluding hydrogens is 465 g/mol. The molecule has 5 heteroatoms. The molecule has 0 atom stereocenters. The average molecular weight is 496 g/mol. The zero-order valence-electron chi connectivity index (χ0n) is 20.6. The van der Waals surface area contributed by atoms with Crippen LogP contribution in [-0.2, 0) is 13.0 Å². The van der Waals surface area contributed by atoms with Crippen molar-refractivity contribution in [2.75, 3.05) is 6.61 Å². The minimum atomic E-state index is -0.300. The van der Waals surface area contributed by atoms with Crippen molar-refractivity contribution in [3.05, 3.63) is 147 Å². The molecule has 0 spiro atoms. The van der Waals surface area contributed by atoms with Gasteiger partial charge in [-0.15, -0.1) is 0 Å². The van der Waals surface area contributed by atoms with Crippen LogP contribution in [0.3, 0.4) is 0 Å². The van der Waals surface area contributed by atoms with Crippen molar-refractivity contribution >= 4 is 0 Å². The lowest BCUT2D eigenvalue weighted by molar-refractivity contribution is 0.268. The fraction of sp³-hybridized carbons (Fsp3) is 0.219. The first-order chi connectivity index (χ1) is 18.1. The van der Waals surface area contributed by atoms with Crippen LogP contribution in [0.4, 0.5) is 4.39 Å². The molecule has 1 saturated carbocycles. The van der Waals surface area contributed by atoms with Gasteiger partial charge in [-0.25, -0.2) is 4.39 Å². The number of rotatable bonds is 10. The first kappa shape index (κ1) is 24.6. The van der Waals surface area contributed by atoms with Crippen molar-refractivity contribution in [2.24, 2.45) is 0 Å². The number of hydrogen-bond donors (Lipinski definition) is 1. The van der Waals surface area contributed by atoms with Crippen molar-refractivity contribution in [3.63, 3.8) is 0 Å². The van der Waals surface area contributed by atoms with E-state index in [9.17, 15) is 14.3 Å². The Labute approximate surface area is 216 Å². The highest BCUT2D eigenvalue weighted by molar-refractivity contribution is 5.42. The molecule has 0 unspecified atom stereocenters. The molecule has 1 aliphatic rings. The van der Waals surface area contributed by atoms with Gasteiger partial charge in [-0.2, -0.15) is 0 Å². The zero-order chi connectivity index (χ0) is 25.6. The Morgan fingerprint density at radius 2 is 1.57 bits per heavy atom. The van der Waals surface area contributed by atoms with Crippen molar-refractivity contribution in [3.8, 4) is 5.75 Å². The maximum atomic E-state index is 14.5. The van der Waals surface area contributed by atoms with Gasteiger partial charge in [0, 0.05) is 24.7 Å². The normalized spacial score (nSPS) is 12.5. The van der Waals surface area contributed by atoms with E-state index >= 15 is 0 Å². The van der Waals surface area contributed by atoms with E-state index in [-0.39, 0.29) is 29.7 Å². The van der Waals surface area contributed by atoms with E-state index in [1.165, 1.54) is 6.07 Å². The number of allylic oxidation sites excluding steroid dienone is 1. The second-order valence-electron chi connectivity index (χ2n) is 9.44. The minimum Gasteiger partial charge on any atom is -0.509 e. The number of aromatic nitrogens is 1. The lowest BCUT2D eigenvalue weighted by atomic mass is 9.86. The molecule has 4 nitrogen and oxygen atoms in total. The maximum absolute atomic E-state index is 14.5. The predicted molar refractivity (Wildman–Crippen MR) is 144 cm³/mol. The van der Waals surface area contributed by atoms with E-state index in [0.29, 0.717) is 30.7 Å². The average Bonchev–Trinajstić information content (AvgIpc) is 3.78. The summed E-state index contributed by atoms with van der Waals surface area (Å²) in [6.07, 6.45) is 4.83. The second kappa shape index (κ2) is 11.3. The van der Waals surface area contributed by atoms with Crippen molar-refractivity contribution in [1.82, 2.24) is 4.57 Å². The molecule has 0 saturated heterocycles. The van der Waals surface area contributed by atoms with Gasteiger partial charge in [0.25, 0.3) is 5.56 Å². The molecule has 0 bridgehead atoms. The van der Waals surface area contributed by atoms with Gasteiger partial charge in [0.15, 0.2) is 0 Å². The van der Waals surface area contributed by atoms with Gasteiger partial charge in [-0.1, -0.05) is 66.7 Å². The van der Waals surface area contributed by atoms with E-state index in [4.69, 9.17) is 4.74 Å². The molecule has 0 aliphatic heterocycles. The summed E-state index contributed by atoms with van der Waals surface area (Å²) in [4.78, 5) is 12.7. The number of aliphatic hydroxyl groups is 1. The third kappa shape index (κ3) is 6.18. The molecule has 1 aromatic heterocycles. The van der Waals surface area contributed by atoms with Gasteiger partial charge >= 0.3 is 0 Å². The zero-order valence-corrected chi connectivity index (χ0v) is 20.6. The van der Waals surface area contributed by atoms with Gasteiger partial charge in [0.05, 0.1) is 0 Å². The van der Waals surface area contributed by atoms with Crippen molar-refractivity contribution in [1.29, 1.82) is 0 Å². The molecule has 1 aliphatic carbocycles. The van der Waals surface area contributed by atoms with Crippen LogP contribution in [0.1, 0.15) is 47.4 Å². The number of ether oxygens (including phenoxy) is 1. The van der Waals surface area contributed by atoms with Gasteiger partial charge in [-0.3, -0.25) is 4.79 Å². The topological polar surface area (TPSA) is 51.5 Å². The molecule has 1 heterocycles. The highest BCUT2D eigenvalue weighted by Gasteiger charge is 2.18. The van der Waals surface area contributed by atoms with Crippen LogP contribution in [0, 0.1) is 5.82 Å². The SMILES string of the molecule is O=c1ccc(C(c2ccccc2)c2ccccc2)cn1CCCc1cc(OCC(O)=C2CC2)ccc1F. The minimum absolute atomic E-state index is 0.00236. The van der Waals surface area contributed by atoms with Gasteiger partial charge in [0.2, 0.25) is 0 Å².